The lowest BCUT2D eigenvalue weighted by atomic mass is 10.1. The molecule has 120 valence electrons. The van der Waals surface area contributed by atoms with Crippen LogP contribution in [0, 0.1) is 13.8 Å². The monoisotopic (exact) mass is 303 g/mol. The highest BCUT2D eigenvalue weighted by atomic mass is 16.2. The van der Waals surface area contributed by atoms with Gasteiger partial charge in [0.2, 0.25) is 0 Å². The molecule has 0 aliphatic carbocycles. The molecule has 2 rings (SSSR count). The van der Waals surface area contributed by atoms with Crippen molar-refractivity contribution < 1.29 is 4.79 Å². The highest BCUT2D eigenvalue weighted by molar-refractivity contribution is 5.92. The zero-order chi connectivity index (χ0) is 16.3. The smallest absolute Gasteiger partial charge is 0.271 e. The molecule has 0 fully saturated rings. The number of nitrogens with one attached hydrogen (secondary N) is 1. The van der Waals surface area contributed by atoms with E-state index >= 15 is 0 Å². The molecule has 2 aromatic rings. The third-order valence-electron chi connectivity index (χ3n) is 3.93. The van der Waals surface area contributed by atoms with Gasteiger partial charge >= 0.3 is 0 Å². The molecule has 2 heterocycles. The van der Waals surface area contributed by atoms with Gasteiger partial charge in [-0.25, -0.2) is 0 Å². The maximum Gasteiger partial charge on any atom is 0.271 e. The third kappa shape index (κ3) is 3.37. The second-order valence-electron chi connectivity index (χ2n) is 6.00. The van der Waals surface area contributed by atoms with Crippen molar-refractivity contribution in [3.8, 4) is 0 Å². The fourth-order valence-electron chi connectivity index (χ4n) is 2.63. The van der Waals surface area contributed by atoms with Crippen molar-refractivity contribution in [2.24, 2.45) is 0 Å². The van der Waals surface area contributed by atoms with E-state index in [1.165, 1.54) is 5.56 Å². The summed E-state index contributed by atoms with van der Waals surface area (Å²) in [4.78, 5) is 14.3. The van der Waals surface area contributed by atoms with Crippen molar-refractivity contribution in [1.29, 1.82) is 0 Å². The second-order valence-corrected chi connectivity index (χ2v) is 6.00. The molecule has 2 aromatic heterocycles. The topological polar surface area (TPSA) is 66.8 Å². The normalized spacial score (nSPS) is 11.2. The largest absolute Gasteiger partial charge is 0.340 e. The van der Waals surface area contributed by atoms with E-state index in [2.05, 4.69) is 15.3 Å². The van der Waals surface area contributed by atoms with Gasteiger partial charge < -0.3 is 4.90 Å². The van der Waals surface area contributed by atoms with Crippen LogP contribution >= 0.6 is 0 Å². The maximum absolute atomic E-state index is 12.5. The Morgan fingerprint density at radius 3 is 2.73 bits per heavy atom. The molecular formula is C16H25N5O. The molecule has 6 heteroatoms. The van der Waals surface area contributed by atoms with Gasteiger partial charge in [-0.3, -0.25) is 14.6 Å². The van der Waals surface area contributed by atoms with Gasteiger partial charge in [-0.15, -0.1) is 0 Å². The van der Waals surface area contributed by atoms with E-state index < -0.39 is 0 Å². The van der Waals surface area contributed by atoms with Crippen LogP contribution in [0.3, 0.4) is 0 Å². The van der Waals surface area contributed by atoms with Crippen molar-refractivity contribution in [3.05, 3.63) is 34.9 Å². The lowest BCUT2D eigenvalue weighted by molar-refractivity contribution is 0.0779. The predicted octanol–water partition coefficient (Wildman–Crippen LogP) is 2.51. The van der Waals surface area contributed by atoms with Crippen LogP contribution in [0.1, 0.15) is 53.7 Å². The minimum Gasteiger partial charge on any atom is -0.340 e. The number of rotatable bonds is 6. The molecule has 1 amide bonds. The Kier molecular flexibility index (Phi) is 5.00. The summed E-state index contributed by atoms with van der Waals surface area (Å²) in [6, 6.07) is 1.96. The van der Waals surface area contributed by atoms with Gasteiger partial charge in [0, 0.05) is 31.5 Å². The van der Waals surface area contributed by atoms with Crippen LogP contribution in [-0.4, -0.2) is 44.4 Å². The molecule has 22 heavy (non-hydrogen) atoms. The first-order valence-corrected chi connectivity index (χ1v) is 7.71. The molecule has 6 nitrogen and oxygen atoms in total. The van der Waals surface area contributed by atoms with E-state index in [1.807, 2.05) is 34.7 Å². The molecular weight excluding hydrogens is 278 g/mol. The van der Waals surface area contributed by atoms with Crippen molar-refractivity contribution in [2.45, 2.75) is 46.6 Å². The van der Waals surface area contributed by atoms with Crippen LogP contribution in [0.2, 0.25) is 0 Å². The van der Waals surface area contributed by atoms with Gasteiger partial charge in [0.15, 0.2) is 0 Å². The van der Waals surface area contributed by atoms with Crippen molar-refractivity contribution in [2.75, 3.05) is 13.6 Å². The summed E-state index contributed by atoms with van der Waals surface area (Å²) in [6.07, 6.45) is 3.52. The van der Waals surface area contributed by atoms with Crippen LogP contribution < -0.4 is 0 Å². The molecule has 0 atom stereocenters. The van der Waals surface area contributed by atoms with Crippen molar-refractivity contribution >= 4 is 5.91 Å². The lowest BCUT2D eigenvalue weighted by Gasteiger charge is -2.19. The van der Waals surface area contributed by atoms with E-state index in [1.54, 1.807) is 21.8 Å². The minimum atomic E-state index is 0.0202. The molecule has 0 aliphatic rings. The SMILES string of the molecule is Cc1n[nH]c(C)c1CCCN(C)C(=O)c1ccnn1C(C)C. The molecule has 0 bridgehead atoms. The van der Waals surface area contributed by atoms with Crippen molar-refractivity contribution in [3.63, 3.8) is 0 Å². The molecule has 0 radical (unpaired) electrons. The number of carbonyl (C=O) groups is 1. The summed E-state index contributed by atoms with van der Waals surface area (Å²) in [7, 11) is 1.84. The van der Waals surface area contributed by atoms with Gasteiger partial charge in [-0.05, 0) is 52.2 Å². The molecule has 0 aromatic carbocycles. The maximum atomic E-state index is 12.5. The second kappa shape index (κ2) is 6.77. The summed E-state index contributed by atoms with van der Waals surface area (Å²) >= 11 is 0. The number of H-pyrrole nitrogens is 1. The Morgan fingerprint density at radius 2 is 2.14 bits per heavy atom. The van der Waals surface area contributed by atoms with E-state index in [9.17, 15) is 4.79 Å². The summed E-state index contributed by atoms with van der Waals surface area (Å²) < 4.78 is 1.77. The molecule has 0 saturated heterocycles. The van der Waals surface area contributed by atoms with Crippen LogP contribution in [0.5, 0.6) is 0 Å². The fraction of sp³-hybridized carbons (Fsp3) is 0.562. The summed E-state index contributed by atoms with van der Waals surface area (Å²) in [6.45, 7) is 8.80. The van der Waals surface area contributed by atoms with Crippen LogP contribution in [0.4, 0.5) is 0 Å². The number of amides is 1. The zero-order valence-electron chi connectivity index (χ0n) is 14.1. The lowest BCUT2D eigenvalue weighted by Crippen LogP contribution is -2.30. The zero-order valence-corrected chi connectivity index (χ0v) is 14.1. The standard InChI is InChI=1S/C16H25N5O/c1-11(2)21-15(8-9-17-21)16(22)20(5)10-6-7-14-12(3)18-19-13(14)4/h8-9,11H,6-7,10H2,1-5H3,(H,18,19). The number of aryl methyl sites for hydroxylation is 2. The molecule has 0 aliphatic heterocycles. The van der Waals surface area contributed by atoms with Gasteiger partial charge in [0.1, 0.15) is 5.69 Å². The van der Waals surface area contributed by atoms with E-state index in [4.69, 9.17) is 0 Å². The van der Waals surface area contributed by atoms with Crippen LogP contribution in [-0.2, 0) is 6.42 Å². The Morgan fingerprint density at radius 1 is 1.41 bits per heavy atom. The van der Waals surface area contributed by atoms with Gasteiger partial charge in [-0.2, -0.15) is 10.2 Å². The Bertz CT molecular complexity index is 621. The number of hydrogen-bond acceptors (Lipinski definition) is 3. The quantitative estimate of drug-likeness (QED) is 0.891. The van der Waals surface area contributed by atoms with Gasteiger partial charge in [0.25, 0.3) is 5.91 Å². The average Bonchev–Trinajstić information content (AvgIpc) is 3.07. The van der Waals surface area contributed by atoms with Crippen LogP contribution in [0.15, 0.2) is 12.3 Å². The third-order valence-corrected chi connectivity index (χ3v) is 3.93. The minimum absolute atomic E-state index is 0.0202. The number of hydrogen-bond donors (Lipinski definition) is 1. The predicted molar refractivity (Wildman–Crippen MR) is 86.0 cm³/mol. The number of carbonyl (C=O) groups excluding carboxylic acids is 1. The van der Waals surface area contributed by atoms with E-state index in [0.29, 0.717) is 12.2 Å². The highest BCUT2D eigenvalue weighted by Crippen LogP contribution is 2.13. The number of nitrogens with zero attached hydrogens (tertiary/aromatic N) is 4. The number of aromatic amines is 1. The average molecular weight is 303 g/mol. The molecule has 0 saturated carbocycles. The fourth-order valence-corrected chi connectivity index (χ4v) is 2.63. The van der Waals surface area contributed by atoms with E-state index in [-0.39, 0.29) is 11.9 Å². The van der Waals surface area contributed by atoms with E-state index in [0.717, 1.165) is 24.2 Å². The van der Waals surface area contributed by atoms with Gasteiger partial charge in [-0.1, -0.05) is 0 Å². The highest BCUT2D eigenvalue weighted by Gasteiger charge is 2.18. The first-order chi connectivity index (χ1) is 10.4. The summed E-state index contributed by atoms with van der Waals surface area (Å²) in [5.74, 6) is 0.0202. The number of aromatic nitrogens is 4. The molecule has 0 unspecified atom stereocenters. The van der Waals surface area contributed by atoms with Gasteiger partial charge in [0.05, 0.1) is 5.69 Å². The first-order valence-electron chi connectivity index (χ1n) is 7.71. The summed E-state index contributed by atoms with van der Waals surface area (Å²) in [5.41, 5.74) is 4.06. The van der Waals surface area contributed by atoms with Crippen LogP contribution in [0.25, 0.3) is 0 Å². The van der Waals surface area contributed by atoms with Crippen molar-refractivity contribution in [1.82, 2.24) is 24.9 Å². The summed E-state index contributed by atoms with van der Waals surface area (Å²) in [5, 5.41) is 11.4. The Hall–Kier alpha value is -2.11. The molecule has 0 spiro atoms. The first kappa shape index (κ1) is 16.3. The Balaban J connectivity index is 1.93. The Labute approximate surface area is 131 Å². The molecule has 1 N–H and O–H groups in total.